The Hall–Kier alpha value is -1.72. The number of hydrogen-bond acceptors (Lipinski definition) is 4. The number of aromatic nitrogens is 3. The van der Waals surface area contributed by atoms with E-state index < -0.39 is 0 Å². The van der Waals surface area contributed by atoms with Crippen molar-refractivity contribution in [2.75, 3.05) is 6.61 Å². The largest absolute Gasteiger partial charge is 0.396 e. The quantitative estimate of drug-likeness (QED) is 0.830. The van der Waals surface area contributed by atoms with Gasteiger partial charge >= 0.3 is 0 Å². The molecule has 96 valence electrons. The van der Waals surface area contributed by atoms with E-state index in [4.69, 9.17) is 5.11 Å². The third kappa shape index (κ3) is 2.57. The minimum Gasteiger partial charge on any atom is -0.396 e. The second kappa shape index (κ2) is 5.75. The lowest BCUT2D eigenvalue weighted by atomic mass is 10.1. The lowest BCUT2D eigenvalue weighted by molar-refractivity contribution is 0.276. The molecule has 5 nitrogen and oxygen atoms in total. The number of aliphatic hydroxyl groups is 2. The molecule has 0 saturated heterocycles. The third-order valence-corrected chi connectivity index (χ3v) is 2.81. The zero-order valence-electron chi connectivity index (χ0n) is 10.4. The Morgan fingerprint density at radius 1 is 1.17 bits per heavy atom. The van der Waals surface area contributed by atoms with E-state index in [1.54, 1.807) is 4.68 Å². The van der Waals surface area contributed by atoms with Crippen LogP contribution in [0.3, 0.4) is 0 Å². The van der Waals surface area contributed by atoms with Crippen LogP contribution < -0.4 is 0 Å². The van der Waals surface area contributed by atoms with Crippen LogP contribution in [-0.2, 0) is 13.2 Å². The van der Waals surface area contributed by atoms with E-state index in [2.05, 4.69) is 10.3 Å². The Kier molecular flexibility index (Phi) is 4.07. The maximum atomic E-state index is 9.31. The fourth-order valence-corrected chi connectivity index (χ4v) is 1.86. The summed E-state index contributed by atoms with van der Waals surface area (Å²) in [5.41, 5.74) is 3.55. The molecule has 0 aliphatic rings. The van der Waals surface area contributed by atoms with Gasteiger partial charge in [-0.05, 0) is 13.3 Å². The average molecular weight is 247 g/mol. The Balaban J connectivity index is 2.39. The van der Waals surface area contributed by atoms with Crippen LogP contribution in [0, 0.1) is 6.92 Å². The van der Waals surface area contributed by atoms with Gasteiger partial charge in [-0.15, -0.1) is 5.10 Å². The molecule has 0 saturated carbocycles. The van der Waals surface area contributed by atoms with Crippen molar-refractivity contribution in [2.45, 2.75) is 26.5 Å². The topological polar surface area (TPSA) is 71.2 Å². The Bertz CT molecular complexity index is 505. The number of nitrogens with zero attached hydrogens (tertiary/aromatic N) is 3. The van der Waals surface area contributed by atoms with Crippen molar-refractivity contribution in [3.63, 3.8) is 0 Å². The van der Waals surface area contributed by atoms with Crippen molar-refractivity contribution in [1.82, 2.24) is 15.0 Å². The van der Waals surface area contributed by atoms with Gasteiger partial charge in [0.1, 0.15) is 5.69 Å². The standard InChI is InChI=1S/C13H17N3O2/c1-10-3-5-11(6-4-10)13-12(9-18)14-15-16(13)7-2-8-17/h3-6,17-18H,2,7-9H2,1H3. The van der Waals surface area contributed by atoms with Gasteiger partial charge in [-0.25, -0.2) is 4.68 Å². The van der Waals surface area contributed by atoms with Crippen molar-refractivity contribution in [3.8, 4) is 11.3 Å². The molecule has 0 unspecified atom stereocenters. The summed E-state index contributed by atoms with van der Waals surface area (Å²) in [6.45, 7) is 2.59. The summed E-state index contributed by atoms with van der Waals surface area (Å²) in [7, 11) is 0. The van der Waals surface area contributed by atoms with E-state index in [-0.39, 0.29) is 13.2 Å². The minimum atomic E-state index is -0.137. The Morgan fingerprint density at radius 2 is 1.89 bits per heavy atom. The number of hydrogen-bond donors (Lipinski definition) is 2. The summed E-state index contributed by atoms with van der Waals surface area (Å²) in [6.07, 6.45) is 0.618. The van der Waals surface area contributed by atoms with E-state index in [1.807, 2.05) is 31.2 Å². The fraction of sp³-hybridized carbons (Fsp3) is 0.385. The third-order valence-electron chi connectivity index (χ3n) is 2.81. The second-order valence-electron chi connectivity index (χ2n) is 4.21. The zero-order valence-corrected chi connectivity index (χ0v) is 10.4. The molecule has 1 aromatic heterocycles. The normalized spacial score (nSPS) is 10.8. The molecule has 2 N–H and O–H groups in total. The predicted octanol–water partition coefficient (Wildman–Crippen LogP) is 1.13. The lowest BCUT2D eigenvalue weighted by Crippen LogP contribution is -2.05. The Morgan fingerprint density at radius 3 is 2.50 bits per heavy atom. The first-order chi connectivity index (χ1) is 8.76. The Labute approximate surface area is 106 Å². The highest BCUT2D eigenvalue weighted by atomic mass is 16.3. The first kappa shape index (κ1) is 12.7. The van der Waals surface area contributed by atoms with Crippen molar-refractivity contribution >= 4 is 0 Å². The smallest absolute Gasteiger partial charge is 0.116 e. The average Bonchev–Trinajstić information content (AvgIpc) is 2.80. The highest BCUT2D eigenvalue weighted by Crippen LogP contribution is 2.23. The molecule has 2 rings (SSSR count). The highest BCUT2D eigenvalue weighted by molar-refractivity contribution is 5.62. The molecule has 0 amide bonds. The van der Waals surface area contributed by atoms with Crippen molar-refractivity contribution in [2.24, 2.45) is 0 Å². The summed E-state index contributed by atoms with van der Waals surface area (Å²) < 4.78 is 1.73. The number of aliphatic hydroxyl groups excluding tert-OH is 2. The molecule has 1 aromatic carbocycles. The summed E-state index contributed by atoms with van der Waals surface area (Å²) in [4.78, 5) is 0. The molecule has 0 bridgehead atoms. The number of rotatable bonds is 5. The van der Waals surface area contributed by atoms with E-state index in [1.165, 1.54) is 5.56 Å². The first-order valence-electron chi connectivity index (χ1n) is 5.97. The SMILES string of the molecule is Cc1ccc(-c2c(CO)nnn2CCCO)cc1. The maximum Gasteiger partial charge on any atom is 0.116 e. The zero-order chi connectivity index (χ0) is 13.0. The van der Waals surface area contributed by atoms with Gasteiger partial charge in [0, 0.05) is 18.7 Å². The molecule has 5 heteroatoms. The van der Waals surface area contributed by atoms with Gasteiger partial charge in [0.05, 0.1) is 12.3 Å². The van der Waals surface area contributed by atoms with Crippen LogP contribution >= 0.6 is 0 Å². The minimum absolute atomic E-state index is 0.113. The van der Waals surface area contributed by atoms with Crippen molar-refractivity contribution in [1.29, 1.82) is 0 Å². The number of benzene rings is 1. The van der Waals surface area contributed by atoms with Crippen molar-refractivity contribution in [3.05, 3.63) is 35.5 Å². The van der Waals surface area contributed by atoms with Gasteiger partial charge in [-0.2, -0.15) is 0 Å². The van der Waals surface area contributed by atoms with Crippen LogP contribution in [0.25, 0.3) is 11.3 Å². The van der Waals surface area contributed by atoms with Crippen LogP contribution in [-0.4, -0.2) is 31.8 Å². The van der Waals surface area contributed by atoms with Gasteiger partial charge in [0.15, 0.2) is 0 Å². The molecule has 2 aromatic rings. The fourth-order valence-electron chi connectivity index (χ4n) is 1.86. The molecule has 0 atom stereocenters. The molecular formula is C13H17N3O2. The highest BCUT2D eigenvalue weighted by Gasteiger charge is 2.13. The van der Waals surface area contributed by atoms with Gasteiger partial charge in [0.25, 0.3) is 0 Å². The first-order valence-corrected chi connectivity index (χ1v) is 5.97. The molecule has 0 aliphatic carbocycles. The summed E-state index contributed by atoms with van der Waals surface area (Å²) >= 11 is 0. The summed E-state index contributed by atoms with van der Waals surface area (Å²) in [5, 5.41) is 26.2. The van der Waals surface area contributed by atoms with Crippen LogP contribution in [0.2, 0.25) is 0 Å². The molecule has 0 fully saturated rings. The molecule has 0 radical (unpaired) electrons. The molecular weight excluding hydrogens is 230 g/mol. The molecule has 0 spiro atoms. The maximum absolute atomic E-state index is 9.31. The van der Waals surface area contributed by atoms with E-state index in [0.29, 0.717) is 18.7 Å². The second-order valence-corrected chi connectivity index (χ2v) is 4.21. The van der Waals surface area contributed by atoms with Gasteiger partial charge in [-0.3, -0.25) is 0 Å². The van der Waals surface area contributed by atoms with Gasteiger partial charge in [0.2, 0.25) is 0 Å². The lowest BCUT2D eigenvalue weighted by Gasteiger charge is -2.07. The van der Waals surface area contributed by atoms with E-state index in [0.717, 1.165) is 11.3 Å². The predicted molar refractivity (Wildman–Crippen MR) is 67.8 cm³/mol. The van der Waals surface area contributed by atoms with Gasteiger partial charge < -0.3 is 10.2 Å². The summed E-state index contributed by atoms with van der Waals surface area (Å²) in [5.74, 6) is 0. The molecule has 0 aliphatic heterocycles. The van der Waals surface area contributed by atoms with E-state index in [9.17, 15) is 5.11 Å². The van der Waals surface area contributed by atoms with Crippen LogP contribution in [0.1, 0.15) is 17.7 Å². The van der Waals surface area contributed by atoms with Crippen LogP contribution in [0.15, 0.2) is 24.3 Å². The van der Waals surface area contributed by atoms with Crippen molar-refractivity contribution < 1.29 is 10.2 Å². The van der Waals surface area contributed by atoms with E-state index >= 15 is 0 Å². The summed E-state index contributed by atoms with van der Waals surface area (Å²) in [6, 6.07) is 8.00. The monoisotopic (exact) mass is 247 g/mol. The molecule has 1 heterocycles. The molecule has 18 heavy (non-hydrogen) atoms. The van der Waals surface area contributed by atoms with Crippen LogP contribution in [0.4, 0.5) is 0 Å². The van der Waals surface area contributed by atoms with Gasteiger partial charge in [-0.1, -0.05) is 35.0 Å². The number of aryl methyl sites for hydroxylation is 2. The van der Waals surface area contributed by atoms with Crippen LogP contribution in [0.5, 0.6) is 0 Å².